The van der Waals surface area contributed by atoms with Crippen LogP contribution in [0.2, 0.25) is 0 Å². The van der Waals surface area contributed by atoms with Gasteiger partial charge in [0.2, 0.25) is 0 Å². The molecule has 20 heavy (non-hydrogen) atoms. The average molecular weight is 285 g/mol. The summed E-state index contributed by atoms with van der Waals surface area (Å²) in [6, 6.07) is 4.62. The van der Waals surface area contributed by atoms with Crippen LogP contribution in [-0.2, 0) is 6.18 Å². The lowest BCUT2D eigenvalue weighted by atomic mass is 10.1. The third-order valence-electron chi connectivity index (χ3n) is 2.61. The summed E-state index contributed by atoms with van der Waals surface area (Å²) in [6.45, 7) is 0. The van der Waals surface area contributed by atoms with E-state index in [4.69, 9.17) is 5.11 Å². The molecule has 0 bridgehead atoms. The van der Waals surface area contributed by atoms with Crippen molar-refractivity contribution in [1.82, 2.24) is 4.98 Å². The summed E-state index contributed by atoms with van der Waals surface area (Å²) >= 11 is 0. The molecule has 0 aliphatic heterocycles. The number of nitrogens with zero attached hydrogens (tertiary/aromatic N) is 1. The molecule has 7 heteroatoms. The highest BCUT2D eigenvalue weighted by Gasteiger charge is 2.30. The first-order valence-electron chi connectivity index (χ1n) is 5.36. The molecule has 1 N–H and O–H groups in total. The summed E-state index contributed by atoms with van der Waals surface area (Å²) in [7, 11) is 0. The molecule has 0 aliphatic rings. The molecule has 0 unspecified atom stereocenters. The Bertz CT molecular complexity index is 650. The standard InChI is InChI=1S/C13H7F4NO2/c14-10-9(12(19)20)5-6-18-11(10)7-1-3-8(4-2-7)13(15,16)17/h1-6H,(H,19,20). The third kappa shape index (κ3) is 2.61. The van der Waals surface area contributed by atoms with Gasteiger partial charge in [0.15, 0.2) is 5.82 Å². The minimum absolute atomic E-state index is 0.0681. The number of hydrogen-bond donors (Lipinski definition) is 1. The second-order valence-electron chi connectivity index (χ2n) is 3.90. The van der Waals surface area contributed by atoms with Crippen LogP contribution in [-0.4, -0.2) is 16.1 Å². The Morgan fingerprint density at radius 2 is 1.70 bits per heavy atom. The van der Waals surface area contributed by atoms with Crippen LogP contribution in [0.1, 0.15) is 15.9 Å². The highest BCUT2D eigenvalue weighted by Crippen LogP contribution is 2.31. The maximum absolute atomic E-state index is 13.9. The Labute approximate surface area is 110 Å². The van der Waals surface area contributed by atoms with Crippen molar-refractivity contribution in [3.05, 3.63) is 53.5 Å². The number of alkyl halides is 3. The van der Waals surface area contributed by atoms with Crippen LogP contribution >= 0.6 is 0 Å². The van der Waals surface area contributed by atoms with Gasteiger partial charge in [-0.1, -0.05) is 12.1 Å². The van der Waals surface area contributed by atoms with Crippen molar-refractivity contribution in [2.24, 2.45) is 0 Å². The van der Waals surface area contributed by atoms with Gasteiger partial charge in [0.1, 0.15) is 5.69 Å². The predicted molar refractivity (Wildman–Crippen MR) is 61.6 cm³/mol. The zero-order valence-electron chi connectivity index (χ0n) is 9.78. The SMILES string of the molecule is O=C(O)c1ccnc(-c2ccc(C(F)(F)F)cc2)c1F. The van der Waals surface area contributed by atoms with E-state index in [0.717, 1.165) is 36.5 Å². The molecular weight excluding hydrogens is 278 g/mol. The fourth-order valence-electron chi connectivity index (χ4n) is 1.63. The summed E-state index contributed by atoms with van der Waals surface area (Å²) in [5, 5.41) is 8.77. The molecule has 0 radical (unpaired) electrons. The predicted octanol–water partition coefficient (Wildman–Crippen LogP) is 3.60. The summed E-state index contributed by atoms with van der Waals surface area (Å²) in [4.78, 5) is 14.4. The Morgan fingerprint density at radius 3 is 2.20 bits per heavy atom. The summed E-state index contributed by atoms with van der Waals surface area (Å²) < 4.78 is 51.1. The summed E-state index contributed by atoms with van der Waals surface area (Å²) in [6.07, 6.45) is -3.41. The highest BCUT2D eigenvalue weighted by atomic mass is 19.4. The van der Waals surface area contributed by atoms with Gasteiger partial charge in [0, 0.05) is 11.8 Å². The number of aromatic carboxylic acids is 1. The van der Waals surface area contributed by atoms with Crippen molar-refractivity contribution in [2.45, 2.75) is 6.18 Å². The smallest absolute Gasteiger partial charge is 0.416 e. The number of aromatic nitrogens is 1. The molecule has 0 atom stereocenters. The average Bonchev–Trinajstić information content (AvgIpc) is 2.38. The number of carbonyl (C=O) groups is 1. The molecule has 0 spiro atoms. The second-order valence-corrected chi connectivity index (χ2v) is 3.90. The van der Waals surface area contributed by atoms with Gasteiger partial charge in [-0.15, -0.1) is 0 Å². The molecule has 2 rings (SSSR count). The van der Waals surface area contributed by atoms with Gasteiger partial charge in [0.05, 0.1) is 11.1 Å². The van der Waals surface area contributed by atoms with Gasteiger partial charge in [-0.2, -0.15) is 13.2 Å². The highest BCUT2D eigenvalue weighted by molar-refractivity contribution is 5.89. The van der Waals surface area contributed by atoms with Crippen LogP contribution in [0.4, 0.5) is 17.6 Å². The van der Waals surface area contributed by atoms with Crippen LogP contribution < -0.4 is 0 Å². The molecule has 1 heterocycles. The minimum atomic E-state index is -4.49. The zero-order valence-corrected chi connectivity index (χ0v) is 9.78. The number of pyridine rings is 1. The van der Waals surface area contributed by atoms with Crippen LogP contribution in [0.15, 0.2) is 36.5 Å². The Hall–Kier alpha value is -2.44. The second kappa shape index (κ2) is 4.92. The molecule has 0 saturated heterocycles. The monoisotopic (exact) mass is 285 g/mol. The lowest BCUT2D eigenvalue weighted by Crippen LogP contribution is -2.05. The summed E-state index contributed by atoms with van der Waals surface area (Å²) in [5.41, 5.74) is -1.71. The zero-order chi connectivity index (χ0) is 14.9. The van der Waals surface area contributed by atoms with Crippen molar-refractivity contribution in [3.63, 3.8) is 0 Å². The molecule has 0 amide bonds. The molecule has 2 aromatic rings. The van der Waals surface area contributed by atoms with Gasteiger partial charge < -0.3 is 5.11 Å². The topological polar surface area (TPSA) is 50.2 Å². The van der Waals surface area contributed by atoms with E-state index in [2.05, 4.69) is 4.98 Å². The number of carboxylic acid groups (broad SMARTS) is 1. The number of rotatable bonds is 2. The van der Waals surface area contributed by atoms with E-state index in [1.807, 2.05) is 0 Å². The Kier molecular flexibility index (Phi) is 3.44. The molecule has 104 valence electrons. The number of halogens is 4. The molecule has 0 saturated carbocycles. The van der Waals surface area contributed by atoms with Gasteiger partial charge in [-0.05, 0) is 18.2 Å². The number of benzene rings is 1. The lowest BCUT2D eigenvalue weighted by molar-refractivity contribution is -0.137. The maximum atomic E-state index is 13.9. The first kappa shape index (κ1) is 14.0. The van der Waals surface area contributed by atoms with E-state index in [-0.39, 0.29) is 11.3 Å². The first-order valence-corrected chi connectivity index (χ1v) is 5.36. The third-order valence-corrected chi connectivity index (χ3v) is 2.61. The summed E-state index contributed by atoms with van der Waals surface area (Å²) in [5.74, 6) is -2.56. The van der Waals surface area contributed by atoms with Gasteiger partial charge in [-0.3, -0.25) is 4.98 Å². The minimum Gasteiger partial charge on any atom is -0.478 e. The van der Waals surface area contributed by atoms with E-state index in [1.54, 1.807) is 0 Å². The van der Waals surface area contributed by atoms with Crippen molar-refractivity contribution < 1.29 is 27.5 Å². The van der Waals surface area contributed by atoms with E-state index in [1.165, 1.54) is 0 Å². The van der Waals surface area contributed by atoms with Crippen LogP contribution in [0.25, 0.3) is 11.3 Å². The van der Waals surface area contributed by atoms with Crippen molar-refractivity contribution in [3.8, 4) is 11.3 Å². The Morgan fingerprint density at radius 1 is 1.10 bits per heavy atom. The van der Waals surface area contributed by atoms with Crippen LogP contribution in [0.5, 0.6) is 0 Å². The van der Waals surface area contributed by atoms with E-state index in [9.17, 15) is 22.4 Å². The molecule has 0 aliphatic carbocycles. The van der Waals surface area contributed by atoms with E-state index >= 15 is 0 Å². The van der Waals surface area contributed by atoms with Crippen molar-refractivity contribution >= 4 is 5.97 Å². The van der Waals surface area contributed by atoms with Crippen molar-refractivity contribution in [2.75, 3.05) is 0 Å². The fourth-order valence-corrected chi connectivity index (χ4v) is 1.63. The fraction of sp³-hybridized carbons (Fsp3) is 0.0769. The first-order chi connectivity index (χ1) is 9.30. The maximum Gasteiger partial charge on any atom is 0.416 e. The van der Waals surface area contributed by atoms with E-state index in [0.29, 0.717) is 0 Å². The van der Waals surface area contributed by atoms with E-state index < -0.39 is 29.1 Å². The van der Waals surface area contributed by atoms with Gasteiger partial charge >= 0.3 is 12.1 Å². The number of hydrogen-bond acceptors (Lipinski definition) is 2. The molecule has 3 nitrogen and oxygen atoms in total. The molecule has 1 aromatic heterocycles. The lowest BCUT2D eigenvalue weighted by Gasteiger charge is -2.08. The quantitative estimate of drug-likeness (QED) is 0.858. The molecular formula is C13H7F4NO2. The normalized spacial score (nSPS) is 11.4. The van der Waals surface area contributed by atoms with Crippen molar-refractivity contribution in [1.29, 1.82) is 0 Å². The molecule has 0 fully saturated rings. The number of carboxylic acids is 1. The molecule has 1 aromatic carbocycles. The largest absolute Gasteiger partial charge is 0.478 e. The van der Waals surface area contributed by atoms with Crippen LogP contribution in [0.3, 0.4) is 0 Å². The van der Waals surface area contributed by atoms with Gasteiger partial charge in [0.25, 0.3) is 0 Å². The van der Waals surface area contributed by atoms with Crippen LogP contribution in [0, 0.1) is 5.82 Å². The Balaban J connectivity index is 2.48. The van der Waals surface area contributed by atoms with Gasteiger partial charge in [-0.25, -0.2) is 9.18 Å².